The molecular formula is C20H17F3N4O3. The van der Waals surface area contributed by atoms with Crippen LogP contribution < -0.4 is 15.6 Å². The lowest BCUT2D eigenvalue weighted by molar-refractivity contribution is -0.141. The van der Waals surface area contributed by atoms with Gasteiger partial charge >= 0.3 is 6.18 Å². The summed E-state index contributed by atoms with van der Waals surface area (Å²) in [4.78, 5) is 28.2. The molecular weight excluding hydrogens is 401 g/mol. The topological polar surface area (TPSA) is 86.1 Å². The van der Waals surface area contributed by atoms with E-state index in [2.05, 4.69) is 15.4 Å². The molecule has 1 aromatic carbocycles. The fourth-order valence-electron chi connectivity index (χ4n) is 2.64. The fourth-order valence-corrected chi connectivity index (χ4v) is 2.64. The number of ether oxygens (including phenoxy) is 1. The third-order valence-electron chi connectivity index (χ3n) is 4.23. The van der Waals surface area contributed by atoms with Gasteiger partial charge in [-0.05, 0) is 37.3 Å². The molecule has 3 aromatic rings. The molecule has 0 spiro atoms. The van der Waals surface area contributed by atoms with E-state index in [1.165, 1.54) is 32.2 Å². The number of anilines is 1. The summed E-state index contributed by atoms with van der Waals surface area (Å²) < 4.78 is 44.5. The number of nitrogens with zero attached hydrogens (tertiary/aromatic N) is 3. The molecule has 0 saturated carbocycles. The van der Waals surface area contributed by atoms with Crippen LogP contribution in [0.15, 0.2) is 59.4 Å². The Kier molecular flexibility index (Phi) is 5.86. The van der Waals surface area contributed by atoms with Gasteiger partial charge in [-0.25, -0.2) is 9.67 Å². The summed E-state index contributed by atoms with van der Waals surface area (Å²) in [5, 5.41) is 6.51. The number of carbonyl (C=O) groups is 1. The van der Waals surface area contributed by atoms with Gasteiger partial charge in [0, 0.05) is 11.6 Å². The molecule has 0 aliphatic heterocycles. The number of carbonyl (C=O) groups excluding carboxylic acids is 1. The van der Waals surface area contributed by atoms with E-state index in [1.54, 1.807) is 24.3 Å². The first-order valence-electron chi connectivity index (χ1n) is 8.78. The second-order valence-electron chi connectivity index (χ2n) is 6.30. The maximum Gasteiger partial charge on any atom is 0.433 e. The molecule has 0 aliphatic rings. The highest BCUT2D eigenvalue weighted by atomic mass is 19.4. The van der Waals surface area contributed by atoms with Gasteiger partial charge in [0.05, 0.1) is 12.8 Å². The van der Waals surface area contributed by atoms with Crippen molar-refractivity contribution in [3.05, 3.63) is 70.6 Å². The molecule has 2 aromatic heterocycles. The Morgan fingerprint density at radius 1 is 1.13 bits per heavy atom. The number of hydrogen-bond donors (Lipinski definition) is 1. The first kappa shape index (κ1) is 21.0. The minimum atomic E-state index is -4.64. The number of hydrogen-bond acceptors (Lipinski definition) is 5. The van der Waals surface area contributed by atoms with Gasteiger partial charge < -0.3 is 10.1 Å². The number of rotatable bonds is 5. The Morgan fingerprint density at radius 2 is 1.87 bits per heavy atom. The van der Waals surface area contributed by atoms with E-state index in [-0.39, 0.29) is 5.82 Å². The van der Waals surface area contributed by atoms with Crippen molar-refractivity contribution in [3.63, 3.8) is 0 Å². The molecule has 30 heavy (non-hydrogen) atoms. The molecule has 1 atom stereocenters. The molecule has 0 radical (unpaired) electrons. The van der Waals surface area contributed by atoms with E-state index >= 15 is 0 Å². The molecule has 156 valence electrons. The van der Waals surface area contributed by atoms with Crippen molar-refractivity contribution in [2.45, 2.75) is 19.1 Å². The lowest BCUT2D eigenvalue weighted by Crippen LogP contribution is -2.33. The zero-order chi connectivity index (χ0) is 21.9. The Morgan fingerprint density at radius 3 is 2.57 bits per heavy atom. The van der Waals surface area contributed by atoms with Crippen LogP contribution in [0.5, 0.6) is 5.75 Å². The largest absolute Gasteiger partial charge is 0.497 e. The second-order valence-corrected chi connectivity index (χ2v) is 6.30. The van der Waals surface area contributed by atoms with Gasteiger partial charge in [-0.2, -0.15) is 18.3 Å². The SMILES string of the molecule is COc1cccc(-c2ccc(=O)n(C(C)C(=O)Nc3cccc(C(F)(F)F)n3)n2)c1. The van der Waals surface area contributed by atoms with Gasteiger partial charge in [-0.1, -0.05) is 18.2 Å². The van der Waals surface area contributed by atoms with Gasteiger partial charge in [0.15, 0.2) is 0 Å². The van der Waals surface area contributed by atoms with Gasteiger partial charge in [-0.15, -0.1) is 0 Å². The average molecular weight is 418 g/mol. The van der Waals surface area contributed by atoms with E-state index < -0.39 is 29.4 Å². The van der Waals surface area contributed by atoms with Crippen LogP contribution >= 0.6 is 0 Å². The Labute approximate surface area is 169 Å². The van der Waals surface area contributed by atoms with Gasteiger partial charge in [0.2, 0.25) is 5.91 Å². The van der Waals surface area contributed by atoms with Crippen LogP contribution in [0.3, 0.4) is 0 Å². The molecule has 1 N–H and O–H groups in total. The van der Waals surface area contributed by atoms with Gasteiger partial charge in [-0.3, -0.25) is 9.59 Å². The molecule has 0 aliphatic carbocycles. The summed E-state index contributed by atoms with van der Waals surface area (Å²) in [6.07, 6.45) is -4.64. The van der Waals surface area contributed by atoms with Crippen LogP contribution in [-0.2, 0) is 11.0 Å². The quantitative estimate of drug-likeness (QED) is 0.685. The summed E-state index contributed by atoms with van der Waals surface area (Å²) in [5.74, 6) is -0.425. The maximum absolute atomic E-state index is 12.8. The molecule has 3 rings (SSSR count). The monoisotopic (exact) mass is 418 g/mol. The van der Waals surface area contributed by atoms with Gasteiger partial charge in [0.1, 0.15) is 23.3 Å². The van der Waals surface area contributed by atoms with Crippen molar-refractivity contribution < 1.29 is 22.7 Å². The molecule has 0 bridgehead atoms. The minimum Gasteiger partial charge on any atom is -0.497 e. The summed E-state index contributed by atoms with van der Waals surface area (Å²) in [5.41, 5.74) is -0.592. The van der Waals surface area contributed by atoms with E-state index in [1.807, 2.05) is 0 Å². The molecule has 0 saturated heterocycles. The van der Waals surface area contributed by atoms with Crippen LogP contribution in [0, 0.1) is 0 Å². The molecule has 0 fully saturated rings. The van der Waals surface area contributed by atoms with Crippen molar-refractivity contribution in [1.82, 2.24) is 14.8 Å². The van der Waals surface area contributed by atoms with E-state index in [0.717, 1.165) is 16.8 Å². The lowest BCUT2D eigenvalue weighted by atomic mass is 10.1. The van der Waals surface area contributed by atoms with Crippen LogP contribution in [-0.4, -0.2) is 27.8 Å². The number of amides is 1. The van der Waals surface area contributed by atoms with Crippen molar-refractivity contribution >= 4 is 11.7 Å². The minimum absolute atomic E-state index is 0.279. The van der Waals surface area contributed by atoms with E-state index in [0.29, 0.717) is 17.0 Å². The number of methoxy groups -OCH3 is 1. The van der Waals surface area contributed by atoms with Crippen molar-refractivity contribution in [1.29, 1.82) is 0 Å². The zero-order valence-electron chi connectivity index (χ0n) is 16.0. The van der Waals surface area contributed by atoms with Crippen molar-refractivity contribution in [3.8, 4) is 17.0 Å². The zero-order valence-corrected chi connectivity index (χ0v) is 16.0. The first-order chi connectivity index (χ1) is 14.2. The molecule has 7 nitrogen and oxygen atoms in total. The Hall–Kier alpha value is -3.69. The summed E-state index contributed by atoms with van der Waals surface area (Å²) in [6.45, 7) is 1.41. The second kappa shape index (κ2) is 8.36. The van der Waals surface area contributed by atoms with Crippen LogP contribution in [0.25, 0.3) is 11.3 Å². The smallest absolute Gasteiger partial charge is 0.433 e. The Bertz CT molecular complexity index is 1130. The molecule has 1 amide bonds. The fraction of sp³-hybridized carbons (Fsp3) is 0.200. The number of benzene rings is 1. The standard InChI is InChI=1S/C20H17F3N4O3/c1-12(19(29)25-17-8-4-7-16(24-17)20(21,22)23)27-18(28)10-9-15(26-27)13-5-3-6-14(11-13)30-2/h3-12H,1-2H3,(H,24,25,29). The summed E-state index contributed by atoms with van der Waals surface area (Å²) in [7, 11) is 1.52. The first-order valence-corrected chi connectivity index (χ1v) is 8.78. The molecule has 2 heterocycles. The Balaban J connectivity index is 1.86. The maximum atomic E-state index is 12.8. The highest BCUT2D eigenvalue weighted by molar-refractivity contribution is 5.92. The molecule has 10 heteroatoms. The third kappa shape index (κ3) is 4.65. The predicted octanol–water partition coefficient (Wildman–Crippen LogP) is 3.53. The third-order valence-corrected chi connectivity index (χ3v) is 4.23. The van der Waals surface area contributed by atoms with Crippen LogP contribution in [0.1, 0.15) is 18.7 Å². The van der Waals surface area contributed by atoms with Crippen LogP contribution in [0.4, 0.5) is 19.0 Å². The lowest BCUT2D eigenvalue weighted by Gasteiger charge is -2.15. The summed E-state index contributed by atoms with van der Waals surface area (Å²) >= 11 is 0. The highest BCUT2D eigenvalue weighted by Gasteiger charge is 2.32. The van der Waals surface area contributed by atoms with Gasteiger partial charge in [0.25, 0.3) is 5.56 Å². The number of nitrogens with one attached hydrogen (secondary N) is 1. The van der Waals surface area contributed by atoms with Crippen molar-refractivity contribution in [2.24, 2.45) is 0 Å². The average Bonchev–Trinajstić information content (AvgIpc) is 2.73. The highest BCUT2D eigenvalue weighted by Crippen LogP contribution is 2.28. The van der Waals surface area contributed by atoms with Crippen molar-refractivity contribution in [2.75, 3.05) is 12.4 Å². The number of pyridine rings is 1. The number of halogens is 3. The van der Waals surface area contributed by atoms with Crippen LogP contribution in [0.2, 0.25) is 0 Å². The number of alkyl halides is 3. The van der Waals surface area contributed by atoms with E-state index in [9.17, 15) is 22.8 Å². The van der Waals surface area contributed by atoms with E-state index in [4.69, 9.17) is 4.74 Å². The molecule has 1 unspecified atom stereocenters. The normalized spacial score (nSPS) is 12.3. The summed E-state index contributed by atoms with van der Waals surface area (Å²) in [6, 6.07) is 11.8. The predicted molar refractivity (Wildman–Crippen MR) is 103 cm³/mol. The number of aromatic nitrogens is 3.